The van der Waals surface area contributed by atoms with E-state index in [9.17, 15) is 9.50 Å². The molecule has 0 unspecified atom stereocenters. The van der Waals surface area contributed by atoms with Crippen molar-refractivity contribution >= 4 is 13.2 Å². The molecule has 0 aromatic carbocycles. The maximum absolute atomic E-state index is 13.2. The molecule has 1 fully saturated rings. The molecule has 2 rings (SSSR count). The third kappa shape index (κ3) is 3.17. The topological polar surface area (TPSA) is 51.6 Å². The van der Waals surface area contributed by atoms with Crippen LogP contribution < -0.4 is 0 Å². The first-order valence-electron chi connectivity index (χ1n) is 6.96. The van der Waals surface area contributed by atoms with Crippen molar-refractivity contribution in [2.75, 3.05) is 6.61 Å². The molecule has 114 valence electrons. The van der Waals surface area contributed by atoms with Crippen LogP contribution >= 0.6 is 0 Å². The number of pyridine rings is 1. The summed E-state index contributed by atoms with van der Waals surface area (Å²) in [5.41, 5.74) is 0.491. The highest BCUT2D eigenvalue weighted by Crippen LogP contribution is 2.38. The van der Waals surface area contributed by atoms with Gasteiger partial charge in [-0.1, -0.05) is 0 Å². The van der Waals surface area contributed by atoms with Crippen LogP contribution in [0.5, 0.6) is 0 Å². The molecule has 0 spiro atoms. The summed E-state index contributed by atoms with van der Waals surface area (Å²) < 4.78 is 25.0. The van der Waals surface area contributed by atoms with Gasteiger partial charge in [-0.05, 0) is 58.3 Å². The molecule has 0 amide bonds. The lowest BCUT2D eigenvalue weighted by Gasteiger charge is -2.32. The summed E-state index contributed by atoms with van der Waals surface area (Å²) in [5.74, 6) is -0.353. The predicted molar refractivity (Wildman–Crippen MR) is 80.1 cm³/mol. The van der Waals surface area contributed by atoms with Crippen molar-refractivity contribution in [1.82, 2.24) is 4.98 Å². The molecule has 0 atom stereocenters. The van der Waals surface area contributed by atoms with Gasteiger partial charge in [0.25, 0.3) is 0 Å². The van der Waals surface area contributed by atoms with Crippen molar-refractivity contribution in [2.24, 2.45) is 0 Å². The summed E-state index contributed by atoms with van der Waals surface area (Å²) >= 11 is 0. The maximum atomic E-state index is 13.2. The Morgan fingerprint density at radius 3 is 2.33 bits per heavy atom. The van der Waals surface area contributed by atoms with E-state index in [-0.39, 0.29) is 12.4 Å². The average Bonchev–Trinajstić information content (AvgIpc) is 2.59. The largest absolute Gasteiger partial charge is 0.492 e. The second kappa shape index (κ2) is 5.52. The Morgan fingerprint density at radius 1 is 1.29 bits per heavy atom. The van der Waals surface area contributed by atoms with Gasteiger partial charge in [-0.2, -0.15) is 0 Å². The fourth-order valence-electron chi connectivity index (χ4n) is 2.02. The van der Waals surface area contributed by atoms with Crippen molar-refractivity contribution in [2.45, 2.75) is 45.8 Å². The summed E-state index contributed by atoms with van der Waals surface area (Å²) in [4.78, 5) is 4.13. The van der Waals surface area contributed by atoms with Crippen LogP contribution in [-0.2, 0) is 9.31 Å². The van der Waals surface area contributed by atoms with E-state index in [4.69, 9.17) is 9.31 Å². The molecule has 0 aliphatic carbocycles. The highest BCUT2D eigenvalue weighted by molar-refractivity contribution is 6.55. The third-order valence-corrected chi connectivity index (χ3v) is 4.11. The minimum absolute atomic E-state index is 0.213. The number of hydrogen-bond acceptors (Lipinski definition) is 4. The van der Waals surface area contributed by atoms with Gasteiger partial charge in [0.15, 0.2) is 0 Å². The van der Waals surface area contributed by atoms with Crippen LogP contribution in [0, 0.1) is 12.7 Å². The zero-order valence-electron chi connectivity index (χ0n) is 13.1. The maximum Gasteiger partial charge on any atom is 0.492 e. The lowest BCUT2D eigenvalue weighted by atomic mass is 9.78. The molecular weight excluding hydrogens is 272 g/mol. The Hall–Kier alpha value is -1.24. The number of halogens is 1. The first-order valence-corrected chi connectivity index (χ1v) is 6.96. The van der Waals surface area contributed by atoms with Gasteiger partial charge in [0.1, 0.15) is 5.82 Å². The minimum Gasteiger partial charge on any atom is -0.400 e. The molecule has 0 bridgehead atoms. The number of aryl methyl sites for hydroxylation is 1. The van der Waals surface area contributed by atoms with Crippen molar-refractivity contribution in [3.63, 3.8) is 0 Å². The number of aliphatic hydroxyl groups is 1. The molecule has 1 aromatic heterocycles. The standard InChI is InChI=1S/C15H21BFNO3/c1-10-13(17)7-6-12(18-10)8-11(9-19)16-20-14(2,3)15(4,5)21-16/h6-8,19H,9H2,1-5H3. The van der Waals surface area contributed by atoms with Gasteiger partial charge in [0.05, 0.1) is 29.2 Å². The van der Waals surface area contributed by atoms with E-state index in [0.29, 0.717) is 16.9 Å². The summed E-state index contributed by atoms with van der Waals surface area (Å²) in [7, 11) is -0.632. The van der Waals surface area contributed by atoms with Gasteiger partial charge in [-0.15, -0.1) is 0 Å². The van der Waals surface area contributed by atoms with Gasteiger partial charge in [0, 0.05) is 0 Å². The Balaban J connectivity index is 2.28. The highest BCUT2D eigenvalue weighted by Gasteiger charge is 2.52. The smallest absolute Gasteiger partial charge is 0.400 e. The van der Waals surface area contributed by atoms with Crippen LogP contribution in [0.15, 0.2) is 17.6 Å². The normalized spacial score (nSPS) is 20.9. The SMILES string of the molecule is Cc1nc(C=C(CO)B2OC(C)(C)C(C)(C)O2)ccc1F. The molecule has 4 nitrogen and oxygen atoms in total. The van der Waals surface area contributed by atoms with Gasteiger partial charge < -0.3 is 14.4 Å². The van der Waals surface area contributed by atoms with E-state index in [1.54, 1.807) is 19.1 Å². The van der Waals surface area contributed by atoms with E-state index in [2.05, 4.69) is 4.98 Å². The van der Waals surface area contributed by atoms with E-state index >= 15 is 0 Å². The molecule has 1 aromatic rings. The Kier molecular flexibility index (Phi) is 4.24. The highest BCUT2D eigenvalue weighted by atomic mass is 19.1. The van der Waals surface area contributed by atoms with Crippen LogP contribution in [0.25, 0.3) is 6.08 Å². The number of nitrogens with zero attached hydrogens (tertiary/aromatic N) is 1. The molecule has 1 N–H and O–H groups in total. The molecule has 1 aliphatic rings. The van der Waals surface area contributed by atoms with Crippen molar-refractivity contribution in [3.05, 3.63) is 34.8 Å². The Morgan fingerprint density at radius 2 is 1.86 bits per heavy atom. The molecule has 21 heavy (non-hydrogen) atoms. The zero-order chi connectivity index (χ0) is 15.8. The van der Waals surface area contributed by atoms with Gasteiger partial charge in [-0.25, -0.2) is 4.39 Å². The number of rotatable bonds is 3. The monoisotopic (exact) mass is 293 g/mol. The van der Waals surface area contributed by atoms with Crippen molar-refractivity contribution in [1.29, 1.82) is 0 Å². The number of hydrogen-bond donors (Lipinski definition) is 1. The quantitative estimate of drug-likeness (QED) is 0.870. The van der Waals surface area contributed by atoms with Crippen molar-refractivity contribution in [3.8, 4) is 0 Å². The van der Waals surface area contributed by atoms with E-state index in [1.165, 1.54) is 6.07 Å². The fraction of sp³-hybridized carbons (Fsp3) is 0.533. The zero-order valence-corrected chi connectivity index (χ0v) is 13.1. The number of aromatic nitrogens is 1. The molecule has 0 saturated carbocycles. The van der Waals surface area contributed by atoms with Crippen LogP contribution in [-0.4, -0.2) is 35.0 Å². The Bertz CT molecular complexity index is 556. The van der Waals surface area contributed by atoms with Crippen LogP contribution in [0.4, 0.5) is 4.39 Å². The molecule has 1 saturated heterocycles. The molecule has 1 aliphatic heterocycles. The minimum atomic E-state index is -0.632. The summed E-state index contributed by atoms with van der Waals surface area (Å²) in [6, 6.07) is 2.91. The summed E-state index contributed by atoms with van der Waals surface area (Å²) in [6.45, 7) is 9.17. The molecule has 2 heterocycles. The Labute approximate surface area is 125 Å². The predicted octanol–water partition coefficient (Wildman–Crippen LogP) is 2.54. The first kappa shape index (κ1) is 16.1. The summed E-state index contributed by atoms with van der Waals surface area (Å²) in [6.07, 6.45) is 1.68. The fourth-order valence-corrected chi connectivity index (χ4v) is 2.02. The molecule has 0 radical (unpaired) electrons. The lowest BCUT2D eigenvalue weighted by Crippen LogP contribution is -2.41. The van der Waals surface area contributed by atoms with Crippen LogP contribution in [0.1, 0.15) is 39.1 Å². The third-order valence-electron chi connectivity index (χ3n) is 4.11. The van der Waals surface area contributed by atoms with Crippen LogP contribution in [0.2, 0.25) is 0 Å². The average molecular weight is 293 g/mol. The van der Waals surface area contributed by atoms with Gasteiger partial charge in [0.2, 0.25) is 0 Å². The van der Waals surface area contributed by atoms with Crippen molar-refractivity contribution < 1.29 is 18.8 Å². The lowest BCUT2D eigenvalue weighted by molar-refractivity contribution is 0.00578. The first-order chi connectivity index (χ1) is 9.66. The molecular formula is C15H21BFNO3. The second-order valence-electron chi connectivity index (χ2n) is 6.27. The van der Waals surface area contributed by atoms with Gasteiger partial charge >= 0.3 is 7.12 Å². The summed E-state index contributed by atoms with van der Waals surface area (Å²) in [5, 5.41) is 9.58. The van der Waals surface area contributed by atoms with E-state index in [0.717, 1.165) is 0 Å². The van der Waals surface area contributed by atoms with Crippen LogP contribution in [0.3, 0.4) is 0 Å². The number of aliphatic hydroxyl groups excluding tert-OH is 1. The molecule has 6 heteroatoms. The second-order valence-corrected chi connectivity index (χ2v) is 6.27. The van der Waals surface area contributed by atoms with E-state index < -0.39 is 18.3 Å². The van der Waals surface area contributed by atoms with E-state index in [1.807, 2.05) is 27.7 Å². The van der Waals surface area contributed by atoms with Gasteiger partial charge in [-0.3, -0.25) is 4.98 Å².